The van der Waals surface area contributed by atoms with E-state index in [0.717, 1.165) is 0 Å². The molecule has 0 bridgehead atoms. The third kappa shape index (κ3) is 6.19. The zero-order chi connectivity index (χ0) is 16.0. The van der Waals surface area contributed by atoms with E-state index in [-0.39, 0.29) is 23.1 Å². The van der Waals surface area contributed by atoms with Crippen molar-refractivity contribution >= 4 is 23.2 Å². The molecule has 1 aromatic carbocycles. The molecule has 0 aromatic heterocycles. The summed E-state index contributed by atoms with van der Waals surface area (Å²) in [6, 6.07) is 2.94. The molecule has 21 heavy (non-hydrogen) atoms. The lowest BCUT2D eigenvalue weighted by atomic mass is 10.2. The predicted octanol–water partition coefficient (Wildman–Crippen LogP) is 2.19. The number of ether oxygens (including phenoxy) is 2. The summed E-state index contributed by atoms with van der Waals surface area (Å²) in [5.41, 5.74) is 5.56. The molecule has 1 rings (SSSR count). The van der Waals surface area contributed by atoms with Crippen molar-refractivity contribution in [2.45, 2.75) is 12.2 Å². The molecule has 0 spiro atoms. The molecule has 0 aliphatic rings. The van der Waals surface area contributed by atoms with E-state index in [1.165, 1.54) is 25.3 Å². The molecule has 0 saturated carbocycles. The molecule has 5 nitrogen and oxygen atoms in total. The second-order valence-electron chi connectivity index (χ2n) is 4.10. The molecular formula is C12H14ClF3N2O3. The van der Waals surface area contributed by atoms with Crippen LogP contribution in [0.25, 0.3) is 0 Å². The number of alkyl halides is 3. The van der Waals surface area contributed by atoms with Crippen LogP contribution < -0.4 is 15.8 Å². The van der Waals surface area contributed by atoms with Gasteiger partial charge in [0, 0.05) is 18.2 Å². The monoisotopic (exact) mass is 326 g/mol. The normalized spacial score (nSPS) is 12.9. The largest absolute Gasteiger partial charge is 0.482 e. The molecule has 1 aromatic rings. The quantitative estimate of drug-likeness (QED) is 0.840. The number of methoxy groups -OCH3 is 1. The van der Waals surface area contributed by atoms with Crippen LogP contribution in [0.3, 0.4) is 0 Å². The van der Waals surface area contributed by atoms with Crippen LogP contribution >= 0.6 is 11.6 Å². The third-order valence-electron chi connectivity index (χ3n) is 2.28. The summed E-state index contributed by atoms with van der Waals surface area (Å²) in [7, 11) is 1.37. The first-order valence-corrected chi connectivity index (χ1v) is 6.15. The number of carbonyl (C=O) groups is 1. The summed E-state index contributed by atoms with van der Waals surface area (Å²) in [4.78, 5) is 11.7. The summed E-state index contributed by atoms with van der Waals surface area (Å²) in [6.45, 7) is -1.53. The highest BCUT2D eigenvalue weighted by Gasteiger charge is 2.29. The second kappa shape index (κ2) is 7.48. The fraction of sp³-hybridized carbons (Fsp3) is 0.417. The minimum atomic E-state index is -4.50. The van der Waals surface area contributed by atoms with Gasteiger partial charge in [0.25, 0.3) is 0 Å². The Bertz CT molecular complexity index is 497. The van der Waals surface area contributed by atoms with Crippen molar-refractivity contribution in [1.82, 2.24) is 0 Å². The van der Waals surface area contributed by atoms with Gasteiger partial charge in [0.05, 0.1) is 12.3 Å². The van der Waals surface area contributed by atoms with Gasteiger partial charge in [-0.15, -0.1) is 0 Å². The highest BCUT2D eigenvalue weighted by atomic mass is 35.5. The van der Waals surface area contributed by atoms with E-state index in [1.807, 2.05) is 0 Å². The fourth-order valence-corrected chi connectivity index (χ4v) is 1.52. The molecule has 0 fully saturated rings. The standard InChI is InChI=1S/C12H14ClF3N2O3/c1-20-5-8(17)11(19)18-9-3-2-7(13)4-10(9)21-6-12(14,15)16/h2-4,8H,5-6,17H2,1H3,(H,18,19). The number of nitrogens with two attached hydrogens (primary N) is 1. The van der Waals surface area contributed by atoms with Crippen LogP contribution in [0, 0.1) is 0 Å². The van der Waals surface area contributed by atoms with Crippen molar-refractivity contribution in [2.75, 3.05) is 25.6 Å². The first kappa shape index (κ1) is 17.5. The number of benzene rings is 1. The van der Waals surface area contributed by atoms with Gasteiger partial charge in [-0.3, -0.25) is 4.79 Å². The SMILES string of the molecule is COCC(N)C(=O)Nc1ccc(Cl)cc1OCC(F)(F)F. The fourth-order valence-electron chi connectivity index (χ4n) is 1.36. The maximum atomic E-state index is 12.2. The van der Waals surface area contributed by atoms with E-state index in [4.69, 9.17) is 22.1 Å². The van der Waals surface area contributed by atoms with E-state index >= 15 is 0 Å². The molecule has 0 aliphatic carbocycles. The van der Waals surface area contributed by atoms with E-state index < -0.39 is 24.7 Å². The number of hydrogen-bond donors (Lipinski definition) is 2. The third-order valence-corrected chi connectivity index (χ3v) is 2.51. The first-order chi connectivity index (χ1) is 9.73. The molecule has 0 heterocycles. The van der Waals surface area contributed by atoms with Crippen molar-refractivity contribution in [2.24, 2.45) is 5.73 Å². The number of hydrogen-bond acceptors (Lipinski definition) is 4. The average Bonchev–Trinajstić information content (AvgIpc) is 2.38. The van der Waals surface area contributed by atoms with Gasteiger partial charge < -0.3 is 20.5 Å². The van der Waals surface area contributed by atoms with E-state index in [9.17, 15) is 18.0 Å². The smallest absolute Gasteiger partial charge is 0.422 e. The van der Waals surface area contributed by atoms with E-state index in [2.05, 4.69) is 10.1 Å². The Balaban J connectivity index is 2.84. The van der Waals surface area contributed by atoms with Gasteiger partial charge in [-0.2, -0.15) is 13.2 Å². The van der Waals surface area contributed by atoms with Gasteiger partial charge in [0.15, 0.2) is 6.61 Å². The zero-order valence-electron chi connectivity index (χ0n) is 11.0. The Morgan fingerprint density at radius 1 is 1.48 bits per heavy atom. The van der Waals surface area contributed by atoms with Crippen molar-refractivity contribution in [3.8, 4) is 5.75 Å². The van der Waals surface area contributed by atoms with Gasteiger partial charge in [-0.25, -0.2) is 0 Å². The molecule has 0 radical (unpaired) electrons. The number of anilines is 1. The lowest BCUT2D eigenvalue weighted by Gasteiger charge is -2.16. The highest BCUT2D eigenvalue weighted by molar-refractivity contribution is 6.30. The van der Waals surface area contributed by atoms with Crippen LogP contribution in [-0.4, -0.2) is 38.4 Å². The van der Waals surface area contributed by atoms with Crippen LogP contribution in [0.15, 0.2) is 18.2 Å². The van der Waals surface area contributed by atoms with Gasteiger partial charge in [-0.1, -0.05) is 11.6 Å². The van der Waals surface area contributed by atoms with Crippen molar-refractivity contribution in [1.29, 1.82) is 0 Å². The summed E-state index contributed by atoms with van der Waals surface area (Å²) in [5, 5.41) is 2.54. The Kier molecular flexibility index (Phi) is 6.25. The lowest BCUT2D eigenvalue weighted by molar-refractivity contribution is -0.153. The van der Waals surface area contributed by atoms with Gasteiger partial charge in [0.1, 0.15) is 11.8 Å². The van der Waals surface area contributed by atoms with Crippen LogP contribution in [0.4, 0.5) is 18.9 Å². The Morgan fingerprint density at radius 2 is 2.14 bits per heavy atom. The number of rotatable bonds is 6. The lowest BCUT2D eigenvalue weighted by Crippen LogP contribution is -2.39. The van der Waals surface area contributed by atoms with E-state index in [1.54, 1.807) is 0 Å². The number of amides is 1. The van der Waals surface area contributed by atoms with Crippen LogP contribution in [0.1, 0.15) is 0 Å². The molecule has 9 heteroatoms. The summed E-state index contributed by atoms with van der Waals surface area (Å²) in [6.07, 6.45) is -4.50. The minimum absolute atomic E-state index is 0.0296. The highest BCUT2D eigenvalue weighted by Crippen LogP contribution is 2.29. The number of carbonyl (C=O) groups excluding carboxylic acids is 1. The second-order valence-corrected chi connectivity index (χ2v) is 4.53. The van der Waals surface area contributed by atoms with E-state index in [0.29, 0.717) is 0 Å². The molecule has 0 saturated heterocycles. The molecule has 3 N–H and O–H groups in total. The Morgan fingerprint density at radius 3 is 2.71 bits per heavy atom. The van der Waals surface area contributed by atoms with Crippen molar-refractivity contribution in [3.63, 3.8) is 0 Å². The molecular weight excluding hydrogens is 313 g/mol. The molecule has 0 aliphatic heterocycles. The van der Waals surface area contributed by atoms with Crippen molar-refractivity contribution < 1.29 is 27.4 Å². The summed E-state index contributed by atoms with van der Waals surface area (Å²) in [5.74, 6) is -0.811. The zero-order valence-corrected chi connectivity index (χ0v) is 11.8. The topological polar surface area (TPSA) is 73.6 Å². The molecule has 118 valence electrons. The van der Waals surface area contributed by atoms with Crippen LogP contribution in [-0.2, 0) is 9.53 Å². The maximum absolute atomic E-state index is 12.2. The molecule has 1 atom stereocenters. The average molecular weight is 327 g/mol. The van der Waals surface area contributed by atoms with Gasteiger partial charge in [0.2, 0.25) is 5.91 Å². The van der Waals surface area contributed by atoms with Gasteiger partial charge >= 0.3 is 6.18 Å². The minimum Gasteiger partial charge on any atom is -0.482 e. The maximum Gasteiger partial charge on any atom is 0.422 e. The number of halogens is 4. The summed E-state index contributed by atoms with van der Waals surface area (Å²) >= 11 is 5.70. The molecule has 1 amide bonds. The Hall–Kier alpha value is -1.51. The van der Waals surface area contributed by atoms with Crippen LogP contribution in [0.5, 0.6) is 5.75 Å². The first-order valence-electron chi connectivity index (χ1n) is 5.77. The molecule has 1 unspecified atom stereocenters. The number of nitrogens with one attached hydrogen (secondary N) is 1. The Labute approximate surface area is 124 Å². The van der Waals surface area contributed by atoms with Crippen molar-refractivity contribution in [3.05, 3.63) is 23.2 Å². The predicted molar refractivity (Wildman–Crippen MR) is 71.5 cm³/mol. The summed E-state index contributed by atoms with van der Waals surface area (Å²) < 4.78 is 45.9. The van der Waals surface area contributed by atoms with Crippen LogP contribution in [0.2, 0.25) is 5.02 Å². The van der Waals surface area contributed by atoms with Gasteiger partial charge in [-0.05, 0) is 12.1 Å².